The van der Waals surface area contributed by atoms with Crippen molar-refractivity contribution in [3.05, 3.63) is 24.3 Å². The topological polar surface area (TPSA) is 110 Å². The molecule has 2 amide bonds. The van der Waals surface area contributed by atoms with E-state index < -0.39 is 28.3 Å². The summed E-state index contributed by atoms with van der Waals surface area (Å²) in [6.45, 7) is -0.00874. The number of aliphatic hydroxyl groups excluding tert-OH is 2. The van der Waals surface area contributed by atoms with Gasteiger partial charge < -0.3 is 20.4 Å². The number of nitrogens with one attached hydrogen (secondary N) is 1. The monoisotopic (exact) mass is 329 g/mol. The number of carbonyl (C=O) groups excluding carboxylic acids is 1. The van der Waals surface area contributed by atoms with Crippen molar-refractivity contribution in [3.63, 3.8) is 0 Å². The summed E-state index contributed by atoms with van der Waals surface area (Å²) in [4.78, 5) is 13.3. The second-order valence-electron chi connectivity index (χ2n) is 5.25. The molecule has 0 aromatic heterocycles. The summed E-state index contributed by atoms with van der Waals surface area (Å²) in [7, 11) is -0.889. The van der Waals surface area contributed by atoms with Crippen molar-refractivity contribution >= 4 is 21.7 Å². The standard InChI is InChI=1S/C13H19N3O5S/c1-15(2)22(20,21)12-6-4-3-5-9(12)14-13(19)16-7-10(17)11(18)8-16/h3-6,10-11,17-18H,7-8H2,1-2H3,(H,14,19). The maximum absolute atomic E-state index is 12.2. The van der Waals surface area contributed by atoms with E-state index in [0.717, 1.165) is 4.31 Å². The minimum absolute atomic E-state index is 0.00437. The van der Waals surface area contributed by atoms with Crippen LogP contribution in [0.5, 0.6) is 0 Å². The van der Waals surface area contributed by atoms with E-state index in [4.69, 9.17) is 0 Å². The first-order chi connectivity index (χ1) is 10.2. The van der Waals surface area contributed by atoms with Crippen molar-refractivity contribution in [3.8, 4) is 0 Å². The lowest BCUT2D eigenvalue weighted by Crippen LogP contribution is -2.34. The SMILES string of the molecule is CN(C)S(=O)(=O)c1ccccc1NC(=O)N1CC(O)C(O)C1. The number of para-hydroxylation sites is 1. The van der Waals surface area contributed by atoms with Gasteiger partial charge in [0.1, 0.15) is 4.90 Å². The highest BCUT2D eigenvalue weighted by atomic mass is 32.2. The third-order valence-corrected chi connectivity index (χ3v) is 5.31. The van der Waals surface area contributed by atoms with E-state index in [0.29, 0.717) is 0 Å². The summed E-state index contributed by atoms with van der Waals surface area (Å²) in [5, 5.41) is 21.4. The Labute approximate surface area is 129 Å². The molecule has 3 N–H and O–H groups in total. The van der Waals surface area contributed by atoms with Gasteiger partial charge in [-0.1, -0.05) is 12.1 Å². The summed E-state index contributed by atoms with van der Waals surface area (Å²) in [6.07, 6.45) is -1.99. The molecule has 2 unspecified atom stereocenters. The molecule has 1 aromatic rings. The fourth-order valence-electron chi connectivity index (χ4n) is 2.12. The number of benzene rings is 1. The Bertz CT molecular complexity index is 651. The lowest BCUT2D eigenvalue weighted by Gasteiger charge is -2.19. The Morgan fingerprint density at radius 2 is 1.77 bits per heavy atom. The van der Waals surface area contributed by atoms with E-state index in [1.54, 1.807) is 12.1 Å². The first-order valence-corrected chi connectivity index (χ1v) is 8.11. The van der Waals surface area contributed by atoms with Crippen LogP contribution in [0.25, 0.3) is 0 Å². The van der Waals surface area contributed by atoms with E-state index in [-0.39, 0.29) is 23.7 Å². The van der Waals surface area contributed by atoms with E-state index >= 15 is 0 Å². The van der Waals surface area contributed by atoms with Gasteiger partial charge in [0.05, 0.1) is 31.0 Å². The number of rotatable bonds is 3. The number of amides is 2. The van der Waals surface area contributed by atoms with E-state index in [1.165, 1.54) is 31.1 Å². The molecule has 1 heterocycles. The summed E-state index contributed by atoms with van der Waals surface area (Å²) < 4.78 is 25.5. The number of hydrogen-bond acceptors (Lipinski definition) is 5. The fraction of sp³-hybridized carbons (Fsp3) is 0.462. The highest BCUT2D eigenvalue weighted by Gasteiger charge is 2.33. The third-order valence-electron chi connectivity index (χ3n) is 3.43. The van der Waals surface area contributed by atoms with Gasteiger partial charge in [0.2, 0.25) is 10.0 Å². The molecule has 1 aliphatic rings. The third kappa shape index (κ3) is 3.22. The number of β-amino-alcohol motifs (C(OH)–C–C–N with tert-alkyl or cyclic N) is 2. The Morgan fingerprint density at radius 1 is 1.23 bits per heavy atom. The van der Waals surface area contributed by atoms with Crippen LogP contribution in [-0.4, -0.2) is 73.3 Å². The normalized spacial score (nSPS) is 22.1. The summed E-state index contributed by atoms with van der Waals surface area (Å²) in [6, 6.07) is 5.49. The van der Waals surface area contributed by atoms with Gasteiger partial charge in [-0.3, -0.25) is 0 Å². The van der Waals surface area contributed by atoms with Crippen LogP contribution >= 0.6 is 0 Å². The lowest BCUT2D eigenvalue weighted by molar-refractivity contribution is 0.0572. The average Bonchev–Trinajstić information content (AvgIpc) is 2.79. The van der Waals surface area contributed by atoms with Crippen molar-refractivity contribution in [1.29, 1.82) is 0 Å². The quantitative estimate of drug-likeness (QED) is 0.693. The molecule has 0 bridgehead atoms. The molecule has 22 heavy (non-hydrogen) atoms. The number of anilines is 1. The number of hydrogen-bond donors (Lipinski definition) is 3. The number of urea groups is 1. The predicted molar refractivity (Wildman–Crippen MR) is 79.9 cm³/mol. The molecular formula is C13H19N3O5S. The smallest absolute Gasteiger partial charge is 0.322 e. The molecular weight excluding hydrogens is 310 g/mol. The van der Waals surface area contributed by atoms with Gasteiger partial charge in [-0.25, -0.2) is 17.5 Å². The molecule has 1 fully saturated rings. The maximum Gasteiger partial charge on any atom is 0.322 e. The summed E-state index contributed by atoms with van der Waals surface area (Å²) >= 11 is 0. The maximum atomic E-state index is 12.2. The highest BCUT2D eigenvalue weighted by molar-refractivity contribution is 7.89. The first-order valence-electron chi connectivity index (χ1n) is 6.67. The molecule has 0 aliphatic carbocycles. The van der Waals surface area contributed by atoms with Crippen LogP contribution in [0.15, 0.2) is 29.2 Å². The van der Waals surface area contributed by atoms with Crippen LogP contribution in [-0.2, 0) is 10.0 Å². The second-order valence-corrected chi connectivity index (χ2v) is 7.37. The number of aliphatic hydroxyl groups is 2. The molecule has 122 valence electrons. The zero-order valence-electron chi connectivity index (χ0n) is 12.3. The molecule has 0 spiro atoms. The van der Waals surface area contributed by atoms with Crippen molar-refractivity contribution < 1.29 is 23.4 Å². The molecule has 1 saturated heterocycles. The van der Waals surface area contributed by atoms with Gasteiger partial charge in [-0.2, -0.15) is 0 Å². The number of nitrogens with zero attached hydrogens (tertiary/aromatic N) is 2. The van der Waals surface area contributed by atoms with Gasteiger partial charge in [-0.15, -0.1) is 0 Å². The molecule has 2 rings (SSSR count). The predicted octanol–water partition coefficient (Wildman–Crippen LogP) is -0.494. The first kappa shape index (κ1) is 16.7. The van der Waals surface area contributed by atoms with Gasteiger partial charge in [-0.05, 0) is 12.1 Å². The van der Waals surface area contributed by atoms with Crippen LogP contribution in [0.2, 0.25) is 0 Å². The van der Waals surface area contributed by atoms with E-state index in [1.807, 2.05) is 0 Å². The molecule has 1 aromatic carbocycles. The zero-order chi connectivity index (χ0) is 16.5. The number of sulfonamides is 1. The minimum atomic E-state index is -3.70. The lowest BCUT2D eigenvalue weighted by atomic mass is 10.3. The van der Waals surface area contributed by atoms with Gasteiger partial charge >= 0.3 is 6.03 Å². The van der Waals surface area contributed by atoms with Crippen LogP contribution in [0, 0.1) is 0 Å². The molecule has 0 radical (unpaired) electrons. The van der Waals surface area contributed by atoms with Crippen LogP contribution in [0.4, 0.5) is 10.5 Å². The highest BCUT2D eigenvalue weighted by Crippen LogP contribution is 2.24. The summed E-state index contributed by atoms with van der Waals surface area (Å²) in [5.74, 6) is 0. The Hall–Kier alpha value is -1.68. The van der Waals surface area contributed by atoms with Crippen LogP contribution < -0.4 is 5.32 Å². The number of carbonyl (C=O) groups is 1. The van der Waals surface area contributed by atoms with Crippen molar-refractivity contribution in [1.82, 2.24) is 9.21 Å². The number of likely N-dealkylation sites (tertiary alicyclic amines) is 1. The van der Waals surface area contributed by atoms with E-state index in [2.05, 4.69) is 5.32 Å². The Morgan fingerprint density at radius 3 is 2.32 bits per heavy atom. The van der Waals surface area contributed by atoms with Crippen molar-refractivity contribution in [2.45, 2.75) is 17.1 Å². The molecule has 0 saturated carbocycles. The molecule has 8 nitrogen and oxygen atoms in total. The molecule has 1 aliphatic heterocycles. The van der Waals surface area contributed by atoms with Crippen LogP contribution in [0.1, 0.15) is 0 Å². The summed E-state index contributed by atoms with van der Waals surface area (Å²) in [5.41, 5.74) is 0.150. The fourth-order valence-corrected chi connectivity index (χ4v) is 3.16. The zero-order valence-corrected chi connectivity index (χ0v) is 13.1. The Balaban J connectivity index is 2.23. The van der Waals surface area contributed by atoms with Crippen molar-refractivity contribution in [2.24, 2.45) is 0 Å². The largest absolute Gasteiger partial charge is 0.388 e. The van der Waals surface area contributed by atoms with Gasteiger partial charge in [0.25, 0.3) is 0 Å². The van der Waals surface area contributed by atoms with Crippen molar-refractivity contribution in [2.75, 3.05) is 32.5 Å². The Kier molecular flexibility index (Phi) is 4.71. The molecule has 2 atom stereocenters. The van der Waals surface area contributed by atoms with Gasteiger partial charge in [0.15, 0.2) is 0 Å². The average molecular weight is 329 g/mol. The second kappa shape index (κ2) is 6.21. The van der Waals surface area contributed by atoms with Crippen LogP contribution in [0.3, 0.4) is 0 Å². The van der Waals surface area contributed by atoms with E-state index in [9.17, 15) is 23.4 Å². The minimum Gasteiger partial charge on any atom is -0.388 e. The molecule has 9 heteroatoms. The van der Waals surface area contributed by atoms with Gasteiger partial charge in [0, 0.05) is 14.1 Å².